The summed E-state index contributed by atoms with van der Waals surface area (Å²) >= 11 is 5.78. The Kier molecular flexibility index (Phi) is 2.33. The van der Waals surface area contributed by atoms with Gasteiger partial charge in [0, 0.05) is 6.20 Å². The fraction of sp³-hybridized carbons (Fsp3) is 0.286. The third-order valence-electron chi connectivity index (χ3n) is 1.47. The monoisotopic (exact) mass is 153 g/mol. The molecular formula is C7H9BClN. The van der Waals surface area contributed by atoms with Gasteiger partial charge in [-0.15, -0.1) is 0 Å². The number of aryl methyl sites for hydroxylation is 1. The van der Waals surface area contributed by atoms with Crippen LogP contribution in [0.3, 0.4) is 0 Å². The van der Waals surface area contributed by atoms with E-state index in [-0.39, 0.29) is 0 Å². The van der Waals surface area contributed by atoms with E-state index in [1.807, 2.05) is 13.0 Å². The van der Waals surface area contributed by atoms with Gasteiger partial charge in [0.2, 0.25) is 0 Å². The zero-order chi connectivity index (χ0) is 7.56. The normalized spacial score (nSPS) is 9.50. The molecule has 0 saturated carbocycles. The van der Waals surface area contributed by atoms with E-state index in [1.165, 1.54) is 0 Å². The lowest BCUT2D eigenvalue weighted by atomic mass is 9.77. The highest BCUT2D eigenvalue weighted by atomic mass is 35.5. The van der Waals surface area contributed by atoms with Crippen LogP contribution in [0.15, 0.2) is 12.3 Å². The van der Waals surface area contributed by atoms with E-state index >= 15 is 0 Å². The van der Waals surface area contributed by atoms with Gasteiger partial charge in [0.1, 0.15) is 0 Å². The van der Waals surface area contributed by atoms with Gasteiger partial charge < -0.3 is 0 Å². The van der Waals surface area contributed by atoms with Crippen molar-refractivity contribution in [3.8, 4) is 0 Å². The summed E-state index contributed by atoms with van der Waals surface area (Å²) in [6.45, 7) is 4.07. The van der Waals surface area contributed by atoms with E-state index < -0.39 is 0 Å². The zero-order valence-electron chi connectivity index (χ0n) is 6.19. The molecule has 0 N–H and O–H groups in total. The first-order valence-corrected chi connectivity index (χ1v) is 3.73. The average molecular weight is 153 g/mol. The Bertz CT molecular complexity index is 237. The molecule has 0 aliphatic heterocycles. The van der Waals surface area contributed by atoms with Crippen LogP contribution in [0.2, 0.25) is 11.8 Å². The largest absolute Gasteiger partial charge is 0.270 e. The molecule has 0 radical (unpaired) electrons. The van der Waals surface area contributed by atoms with Crippen LogP contribution in [-0.2, 0) is 0 Å². The Hall–Kier alpha value is -0.495. The van der Waals surface area contributed by atoms with Gasteiger partial charge in [-0.1, -0.05) is 18.4 Å². The summed E-state index contributed by atoms with van der Waals surface area (Å²) in [5, 5.41) is 0.747. The van der Waals surface area contributed by atoms with Crippen LogP contribution >= 0.6 is 11.6 Å². The minimum absolute atomic E-state index is 0.747. The van der Waals surface area contributed by atoms with Crippen LogP contribution in [-0.4, -0.2) is 12.3 Å². The molecule has 3 heteroatoms. The van der Waals surface area contributed by atoms with Crippen molar-refractivity contribution in [2.75, 3.05) is 0 Å². The van der Waals surface area contributed by atoms with Gasteiger partial charge in [-0.3, -0.25) is 4.98 Å². The van der Waals surface area contributed by atoms with Gasteiger partial charge in [0.15, 0.2) is 7.28 Å². The summed E-state index contributed by atoms with van der Waals surface area (Å²) in [6, 6.07) is 2.02. The van der Waals surface area contributed by atoms with Crippen LogP contribution in [0.4, 0.5) is 0 Å². The average Bonchev–Trinajstić information content (AvgIpc) is 1.95. The van der Waals surface area contributed by atoms with Crippen molar-refractivity contribution in [2.45, 2.75) is 13.7 Å². The van der Waals surface area contributed by atoms with Crippen LogP contribution in [0.5, 0.6) is 0 Å². The first-order valence-electron chi connectivity index (χ1n) is 3.35. The maximum absolute atomic E-state index is 5.78. The molecule has 10 heavy (non-hydrogen) atoms. The Balaban J connectivity index is 3.04. The molecule has 1 rings (SSSR count). The van der Waals surface area contributed by atoms with Gasteiger partial charge in [0.05, 0.1) is 5.02 Å². The lowest BCUT2D eigenvalue weighted by Crippen LogP contribution is -2.14. The van der Waals surface area contributed by atoms with Crippen molar-refractivity contribution in [3.05, 3.63) is 22.8 Å². The number of pyridine rings is 1. The quantitative estimate of drug-likeness (QED) is 0.552. The molecule has 0 amide bonds. The predicted molar refractivity (Wildman–Crippen MR) is 46.6 cm³/mol. The van der Waals surface area contributed by atoms with Gasteiger partial charge >= 0.3 is 0 Å². The SMILES string of the molecule is CBc1cc(C)c(Cl)cn1. The molecule has 1 heterocycles. The third kappa shape index (κ3) is 1.51. The number of hydrogen-bond donors (Lipinski definition) is 0. The lowest BCUT2D eigenvalue weighted by Gasteiger charge is -1.98. The molecule has 0 atom stereocenters. The van der Waals surface area contributed by atoms with E-state index in [1.54, 1.807) is 6.20 Å². The molecule has 0 saturated heterocycles. The van der Waals surface area contributed by atoms with Crippen LogP contribution in [0.1, 0.15) is 5.56 Å². The van der Waals surface area contributed by atoms with Crippen LogP contribution in [0, 0.1) is 6.92 Å². The second kappa shape index (κ2) is 3.06. The van der Waals surface area contributed by atoms with Crippen molar-refractivity contribution >= 4 is 24.5 Å². The molecule has 1 aromatic heterocycles. The highest BCUT2D eigenvalue weighted by molar-refractivity contribution is 6.50. The predicted octanol–water partition coefficient (Wildman–Crippen LogP) is 1.15. The molecule has 0 bridgehead atoms. The number of aromatic nitrogens is 1. The van der Waals surface area contributed by atoms with Crippen LogP contribution in [0.25, 0.3) is 0 Å². The summed E-state index contributed by atoms with van der Waals surface area (Å²) < 4.78 is 0. The van der Waals surface area contributed by atoms with Gasteiger partial charge in [-0.2, -0.15) is 0 Å². The number of rotatable bonds is 1. The second-order valence-electron chi connectivity index (χ2n) is 2.28. The molecule has 0 aromatic carbocycles. The van der Waals surface area contributed by atoms with Crippen LogP contribution < -0.4 is 5.59 Å². The summed E-state index contributed by atoms with van der Waals surface area (Å²) in [5.41, 5.74) is 2.20. The Labute approximate surface area is 66.7 Å². The highest BCUT2D eigenvalue weighted by Crippen LogP contribution is 2.09. The summed E-state index contributed by atoms with van der Waals surface area (Å²) in [4.78, 5) is 4.13. The molecule has 0 spiro atoms. The van der Waals surface area contributed by atoms with Crippen molar-refractivity contribution < 1.29 is 0 Å². The minimum atomic E-state index is 0.747. The number of nitrogens with zero attached hydrogens (tertiary/aromatic N) is 1. The standard InChI is InChI=1S/C7H9BClN/c1-5-3-7(8-2)10-4-6(5)9/h3-4,8H,1-2H3. The minimum Gasteiger partial charge on any atom is -0.270 e. The van der Waals surface area contributed by atoms with Gasteiger partial charge in [0.25, 0.3) is 0 Å². The highest BCUT2D eigenvalue weighted by Gasteiger charge is 1.96. The molecule has 0 aliphatic rings. The summed E-state index contributed by atoms with van der Waals surface area (Å²) in [7, 11) is 0.970. The molecule has 1 nitrogen and oxygen atoms in total. The second-order valence-corrected chi connectivity index (χ2v) is 2.69. The third-order valence-corrected chi connectivity index (χ3v) is 1.86. The fourth-order valence-electron chi connectivity index (χ4n) is 0.791. The van der Waals surface area contributed by atoms with E-state index in [0.717, 1.165) is 23.5 Å². The van der Waals surface area contributed by atoms with E-state index in [2.05, 4.69) is 11.8 Å². The molecule has 0 aliphatic carbocycles. The Morgan fingerprint density at radius 1 is 1.60 bits per heavy atom. The van der Waals surface area contributed by atoms with Crippen molar-refractivity contribution in [2.24, 2.45) is 0 Å². The topological polar surface area (TPSA) is 12.9 Å². The maximum Gasteiger partial charge on any atom is 0.179 e. The lowest BCUT2D eigenvalue weighted by molar-refractivity contribution is 1.33. The molecule has 1 aromatic rings. The van der Waals surface area contributed by atoms with E-state index in [0.29, 0.717) is 0 Å². The van der Waals surface area contributed by atoms with E-state index in [9.17, 15) is 0 Å². The molecular weight excluding hydrogens is 144 g/mol. The Morgan fingerprint density at radius 2 is 2.30 bits per heavy atom. The van der Waals surface area contributed by atoms with Crippen molar-refractivity contribution in [3.63, 3.8) is 0 Å². The van der Waals surface area contributed by atoms with Gasteiger partial charge in [-0.25, -0.2) is 0 Å². The summed E-state index contributed by atoms with van der Waals surface area (Å²) in [5.74, 6) is 0. The maximum atomic E-state index is 5.78. The Morgan fingerprint density at radius 3 is 2.80 bits per heavy atom. The fourth-order valence-corrected chi connectivity index (χ4v) is 0.894. The first-order chi connectivity index (χ1) is 4.74. The smallest absolute Gasteiger partial charge is 0.179 e. The number of hydrogen-bond acceptors (Lipinski definition) is 1. The molecule has 52 valence electrons. The summed E-state index contributed by atoms with van der Waals surface area (Å²) in [6.07, 6.45) is 1.70. The molecule has 0 unspecified atom stereocenters. The zero-order valence-corrected chi connectivity index (χ0v) is 6.94. The van der Waals surface area contributed by atoms with Gasteiger partial charge in [-0.05, 0) is 24.1 Å². The van der Waals surface area contributed by atoms with Crippen molar-refractivity contribution in [1.82, 2.24) is 4.98 Å². The first kappa shape index (κ1) is 7.61. The molecule has 0 fully saturated rings. The van der Waals surface area contributed by atoms with Crippen molar-refractivity contribution in [1.29, 1.82) is 0 Å². The van der Waals surface area contributed by atoms with E-state index in [4.69, 9.17) is 11.6 Å². The number of halogens is 1.